The molecule has 0 rings (SSSR count). The molecule has 82 valence electrons. The Morgan fingerprint density at radius 2 is 1.71 bits per heavy atom. The lowest BCUT2D eigenvalue weighted by atomic mass is 10.0. The summed E-state index contributed by atoms with van der Waals surface area (Å²) in [5.41, 5.74) is 2.17. The summed E-state index contributed by atoms with van der Waals surface area (Å²) in [6.45, 7) is 10.1. The summed E-state index contributed by atoms with van der Waals surface area (Å²) in [5.74, 6) is 0. The molecule has 0 aromatic heterocycles. The van der Waals surface area contributed by atoms with Gasteiger partial charge in [-0.15, -0.1) is 0 Å². The first-order valence-electron chi connectivity index (χ1n) is 5.32. The molecular weight excluding hydrogens is 172 g/mol. The molecule has 0 unspecified atom stereocenters. The van der Waals surface area contributed by atoms with Crippen LogP contribution in [0.25, 0.3) is 0 Å². The van der Waals surface area contributed by atoms with Gasteiger partial charge in [0, 0.05) is 0 Å². The van der Waals surface area contributed by atoms with Gasteiger partial charge in [0.25, 0.3) is 0 Å². The van der Waals surface area contributed by atoms with Crippen LogP contribution in [-0.4, -0.2) is 10.7 Å². The molecule has 0 aliphatic rings. The summed E-state index contributed by atoms with van der Waals surface area (Å²) < 4.78 is 0. The van der Waals surface area contributed by atoms with E-state index in [0.29, 0.717) is 0 Å². The molecule has 0 aromatic rings. The van der Waals surface area contributed by atoms with E-state index in [1.165, 1.54) is 11.1 Å². The lowest BCUT2D eigenvalue weighted by Crippen LogP contribution is -2.16. The average molecular weight is 196 g/mol. The van der Waals surface area contributed by atoms with Gasteiger partial charge >= 0.3 is 0 Å². The topological polar surface area (TPSA) is 20.2 Å². The fourth-order valence-electron chi connectivity index (χ4n) is 1.11. The molecular formula is C13H24O. The maximum atomic E-state index is 9.52. The zero-order chi connectivity index (χ0) is 11.2. The molecule has 0 bridgehead atoms. The van der Waals surface area contributed by atoms with Gasteiger partial charge in [-0.1, -0.05) is 23.3 Å². The molecule has 0 aromatic carbocycles. The maximum Gasteiger partial charge on any atom is 0.0626 e. The van der Waals surface area contributed by atoms with Crippen molar-refractivity contribution >= 4 is 0 Å². The van der Waals surface area contributed by atoms with Crippen LogP contribution in [0.5, 0.6) is 0 Å². The van der Waals surface area contributed by atoms with Crippen LogP contribution in [0.3, 0.4) is 0 Å². The molecule has 1 nitrogen and oxygen atoms in total. The molecule has 1 heteroatoms. The van der Waals surface area contributed by atoms with Gasteiger partial charge in [0.15, 0.2) is 0 Å². The SMILES string of the molecule is CC(C)=CCC/C(C)=C\CC(C)(C)O. The van der Waals surface area contributed by atoms with Crippen molar-refractivity contribution in [2.75, 3.05) is 0 Å². The zero-order valence-corrected chi connectivity index (χ0v) is 10.2. The van der Waals surface area contributed by atoms with Crippen molar-refractivity contribution in [1.29, 1.82) is 0 Å². The van der Waals surface area contributed by atoms with Crippen LogP contribution in [0, 0.1) is 0 Å². The van der Waals surface area contributed by atoms with E-state index < -0.39 is 5.60 Å². The standard InChI is InChI=1S/C13H24O/c1-11(2)7-6-8-12(3)9-10-13(4,5)14/h7,9,14H,6,8,10H2,1-5H3/b12-9-. The molecule has 0 heterocycles. The first kappa shape index (κ1) is 13.4. The van der Waals surface area contributed by atoms with Crippen LogP contribution >= 0.6 is 0 Å². The predicted molar refractivity (Wildman–Crippen MR) is 63.3 cm³/mol. The second kappa shape index (κ2) is 6.02. The molecule has 0 fully saturated rings. The van der Waals surface area contributed by atoms with Crippen LogP contribution in [0.1, 0.15) is 53.9 Å². The Morgan fingerprint density at radius 3 is 2.14 bits per heavy atom. The smallest absolute Gasteiger partial charge is 0.0626 e. The minimum Gasteiger partial charge on any atom is -0.390 e. The van der Waals surface area contributed by atoms with Gasteiger partial charge in [-0.25, -0.2) is 0 Å². The Labute approximate surface area is 88.5 Å². The summed E-state index contributed by atoms with van der Waals surface area (Å²) in [6, 6.07) is 0. The van der Waals surface area contributed by atoms with Gasteiger partial charge in [0.2, 0.25) is 0 Å². The van der Waals surface area contributed by atoms with E-state index in [2.05, 4.69) is 32.9 Å². The van der Waals surface area contributed by atoms with Crippen molar-refractivity contribution in [3.05, 3.63) is 23.3 Å². The zero-order valence-electron chi connectivity index (χ0n) is 10.2. The highest BCUT2D eigenvalue weighted by Gasteiger charge is 2.09. The molecule has 0 saturated carbocycles. The Hall–Kier alpha value is -0.560. The number of aliphatic hydroxyl groups is 1. The van der Waals surface area contributed by atoms with Crippen molar-refractivity contribution < 1.29 is 5.11 Å². The Kier molecular flexibility index (Phi) is 5.78. The lowest BCUT2D eigenvalue weighted by molar-refractivity contribution is 0.0836. The van der Waals surface area contributed by atoms with E-state index in [1.54, 1.807) is 0 Å². The molecule has 0 spiro atoms. The first-order valence-corrected chi connectivity index (χ1v) is 5.32. The average Bonchev–Trinajstić information content (AvgIpc) is 1.99. The van der Waals surface area contributed by atoms with E-state index in [9.17, 15) is 5.11 Å². The molecule has 0 aliphatic heterocycles. The van der Waals surface area contributed by atoms with E-state index in [0.717, 1.165) is 19.3 Å². The third-order valence-corrected chi connectivity index (χ3v) is 2.04. The predicted octanol–water partition coefficient (Wildman–Crippen LogP) is 3.84. The highest BCUT2D eigenvalue weighted by Crippen LogP contribution is 2.13. The molecule has 0 amide bonds. The fraction of sp³-hybridized carbons (Fsp3) is 0.692. The summed E-state index contributed by atoms with van der Waals surface area (Å²) in [6.07, 6.45) is 7.34. The van der Waals surface area contributed by atoms with Crippen LogP contribution in [0.15, 0.2) is 23.3 Å². The monoisotopic (exact) mass is 196 g/mol. The number of hydrogen-bond acceptors (Lipinski definition) is 1. The highest BCUT2D eigenvalue weighted by molar-refractivity contribution is 5.03. The summed E-state index contributed by atoms with van der Waals surface area (Å²) >= 11 is 0. The van der Waals surface area contributed by atoms with Gasteiger partial charge in [0.05, 0.1) is 5.60 Å². The van der Waals surface area contributed by atoms with Gasteiger partial charge < -0.3 is 5.11 Å². The van der Waals surface area contributed by atoms with Crippen molar-refractivity contribution in [2.45, 2.75) is 59.5 Å². The third-order valence-electron chi connectivity index (χ3n) is 2.04. The van der Waals surface area contributed by atoms with Gasteiger partial charge in [-0.05, 0) is 53.9 Å². The molecule has 0 radical (unpaired) electrons. The second-order valence-electron chi connectivity index (χ2n) is 4.89. The largest absolute Gasteiger partial charge is 0.390 e. The number of allylic oxidation sites excluding steroid dienone is 3. The lowest BCUT2D eigenvalue weighted by Gasteiger charge is -2.14. The first-order chi connectivity index (χ1) is 6.31. The number of rotatable bonds is 5. The second-order valence-corrected chi connectivity index (χ2v) is 4.89. The summed E-state index contributed by atoms with van der Waals surface area (Å²) in [7, 11) is 0. The normalized spacial score (nSPS) is 12.9. The van der Waals surface area contributed by atoms with Crippen molar-refractivity contribution in [3.63, 3.8) is 0 Å². The number of hydrogen-bond donors (Lipinski definition) is 1. The minimum absolute atomic E-state index is 0.572. The van der Waals surface area contributed by atoms with E-state index in [4.69, 9.17) is 0 Å². The Balaban J connectivity index is 3.85. The molecule has 0 aliphatic carbocycles. The molecule has 0 atom stereocenters. The molecule has 1 N–H and O–H groups in total. The minimum atomic E-state index is -0.572. The third kappa shape index (κ3) is 9.53. The van der Waals surface area contributed by atoms with Crippen molar-refractivity contribution in [1.82, 2.24) is 0 Å². The van der Waals surface area contributed by atoms with Crippen molar-refractivity contribution in [3.8, 4) is 0 Å². The van der Waals surface area contributed by atoms with Crippen LogP contribution in [-0.2, 0) is 0 Å². The fourth-order valence-corrected chi connectivity index (χ4v) is 1.11. The molecule has 14 heavy (non-hydrogen) atoms. The van der Waals surface area contributed by atoms with Crippen LogP contribution in [0.4, 0.5) is 0 Å². The van der Waals surface area contributed by atoms with Crippen LogP contribution in [0.2, 0.25) is 0 Å². The quantitative estimate of drug-likeness (QED) is 0.662. The highest BCUT2D eigenvalue weighted by atomic mass is 16.3. The van der Waals surface area contributed by atoms with Crippen molar-refractivity contribution in [2.24, 2.45) is 0 Å². The van der Waals surface area contributed by atoms with Gasteiger partial charge in [-0.2, -0.15) is 0 Å². The van der Waals surface area contributed by atoms with E-state index in [1.807, 2.05) is 13.8 Å². The van der Waals surface area contributed by atoms with E-state index in [-0.39, 0.29) is 0 Å². The van der Waals surface area contributed by atoms with Gasteiger partial charge in [0.1, 0.15) is 0 Å². The maximum absolute atomic E-state index is 9.52. The van der Waals surface area contributed by atoms with Crippen LogP contribution < -0.4 is 0 Å². The summed E-state index contributed by atoms with van der Waals surface area (Å²) in [5, 5.41) is 9.52. The van der Waals surface area contributed by atoms with Gasteiger partial charge in [-0.3, -0.25) is 0 Å². The Morgan fingerprint density at radius 1 is 1.14 bits per heavy atom. The summed E-state index contributed by atoms with van der Waals surface area (Å²) in [4.78, 5) is 0. The van der Waals surface area contributed by atoms with E-state index >= 15 is 0 Å². The molecule has 0 saturated heterocycles. The Bertz CT molecular complexity index is 212.